The summed E-state index contributed by atoms with van der Waals surface area (Å²) in [5.41, 5.74) is 13.4. The van der Waals surface area contributed by atoms with Crippen molar-refractivity contribution in [2.45, 2.75) is 32.2 Å². The van der Waals surface area contributed by atoms with Gasteiger partial charge in [0.05, 0.1) is 24.4 Å². The standard InChI is InChI=1S/C23H31N9O3/c1-14(18(24)33)20(34)31-6-4-23(2,13-31)32-5-3-16-17(15-11-26-21(25)27-12-15)28-22(29-19(16)32)30-7-9-35-10-8-30/h11-12,14H,3-10,13H2,1-2H3,(H2,24,33)(H2,25,26,27)/t14?,23-/m0/s1. The van der Waals surface area contributed by atoms with Gasteiger partial charge < -0.3 is 30.9 Å². The number of rotatable bonds is 5. The molecule has 5 heterocycles. The number of primary amides is 1. The first-order chi connectivity index (χ1) is 16.8. The molecule has 2 aromatic heterocycles. The van der Waals surface area contributed by atoms with Gasteiger partial charge in [-0.3, -0.25) is 9.59 Å². The molecule has 0 bridgehead atoms. The van der Waals surface area contributed by atoms with Crippen LogP contribution in [-0.2, 0) is 20.7 Å². The molecule has 4 N–H and O–H groups in total. The molecular weight excluding hydrogens is 450 g/mol. The van der Waals surface area contributed by atoms with Gasteiger partial charge in [-0.25, -0.2) is 15.0 Å². The van der Waals surface area contributed by atoms with Crippen molar-refractivity contribution in [2.24, 2.45) is 11.7 Å². The van der Waals surface area contributed by atoms with Gasteiger partial charge in [-0.2, -0.15) is 4.98 Å². The number of fused-ring (bicyclic) bond motifs is 1. The number of likely N-dealkylation sites (tertiary alicyclic amines) is 1. The van der Waals surface area contributed by atoms with Crippen LogP contribution in [0.15, 0.2) is 12.4 Å². The molecule has 0 saturated carbocycles. The third kappa shape index (κ3) is 4.22. The molecule has 3 aliphatic heterocycles. The Morgan fingerprint density at radius 2 is 1.83 bits per heavy atom. The van der Waals surface area contributed by atoms with Gasteiger partial charge in [-0.15, -0.1) is 0 Å². The highest BCUT2D eigenvalue weighted by atomic mass is 16.5. The van der Waals surface area contributed by atoms with E-state index in [0.29, 0.717) is 45.3 Å². The number of ether oxygens (including phenoxy) is 1. The second kappa shape index (κ2) is 8.91. The minimum atomic E-state index is -0.837. The van der Waals surface area contributed by atoms with E-state index in [1.807, 2.05) is 0 Å². The van der Waals surface area contributed by atoms with E-state index in [4.69, 9.17) is 26.2 Å². The van der Waals surface area contributed by atoms with Crippen LogP contribution in [0.5, 0.6) is 0 Å². The van der Waals surface area contributed by atoms with Crippen molar-refractivity contribution >= 4 is 29.5 Å². The molecule has 0 aliphatic carbocycles. The summed E-state index contributed by atoms with van der Waals surface area (Å²) in [5, 5.41) is 0. The van der Waals surface area contributed by atoms with E-state index in [2.05, 4.69) is 26.7 Å². The topological polar surface area (TPSA) is 157 Å². The molecule has 2 saturated heterocycles. The van der Waals surface area contributed by atoms with Gasteiger partial charge >= 0.3 is 0 Å². The maximum atomic E-state index is 12.8. The normalized spacial score (nSPS) is 22.9. The van der Waals surface area contributed by atoms with Crippen LogP contribution >= 0.6 is 0 Å². The minimum Gasteiger partial charge on any atom is -0.378 e. The van der Waals surface area contributed by atoms with Crippen LogP contribution in [0, 0.1) is 5.92 Å². The first kappa shape index (κ1) is 23.2. The summed E-state index contributed by atoms with van der Waals surface area (Å²) in [6.45, 7) is 8.19. The van der Waals surface area contributed by atoms with Gasteiger partial charge in [0.15, 0.2) is 0 Å². The van der Waals surface area contributed by atoms with Gasteiger partial charge in [0.1, 0.15) is 11.7 Å². The van der Waals surface area contributed by atoms with Crippen LogP contribution in [0.2, 0.25) is 0 Å². The molecular formula is C23H31N9O3. The maximum Gasteiger partial charge on any atom is 0.234 e. The van der Waals surface area contributed by atoms with E-state index in [1.54, 1.807) is 24.2 Å². The molecule has 0 aromatic carbocycles. The molecule has 2 amide bonds. The molecule has 2 atom stereocenters. The first-order valence-corrected chi connectivity index (χ1v) is 11.9. The molecule has 35 heavy (non-hydrogen) atoms. The Labute approximate surface area is 203 Å². The Morgan fingerprint density at radius 3 is 2.51 bits per heavy atom. The number of hydrogen-bond donors (Lipinski definition) is 2. The number of nitrogens with two attached hydrogens (primary N) is 2. The van der Waals surface area contributed by atoms with Crippen LogP contribution in [-0.4, -0.2) is 88.1 Å². The Balaban J connectivity index is 1.51. The summed E-state index contributed by atoms with van der Waals surface area (Å²) in [6, 6.07) is 0. The lowest BCUT2D eigenvalue weighted by Gasteiger charge is -2.37. The smallest absolute Gasteiger partial charge is 0.234 e. The molecule has 1 unspecified atom stereocenters. The predicted octanol–water partition coefficient (Wildman–Crippen LogP) is -0.173. The molecule has 12 heteroatoms. The van der Waals surface area contributed by atoms with Gasteiger partial charge in [0.25, 0.3) is 0 Å². The number of nitrogens with zero attached hydrogens (tertiary/aromatic N) is 7. The third-order valence-electron chi connectivity index (χ3n) is 7.27. The number of morpholine rings is 1. The van der Waals surface area contributed by atoms with E-state index in [1.165, 1.54) is 0 Å². The van der Waals surface area contributed by atoms with Crippen molar-refractivity contribution in [3.63, 3.8) is 0 Å². The summed E-state index contributed by atoms with van der Waals surface area (Å²) in [6.07, 6.45) is 4.92. The van der Waals surface area contributed by atoms with Crippen molar-refractivity contribution in [1.29, 1.82) is 0 Å². The number of anilines is 3. The predicted molar refractivity (Wildman–Crippen MR) is 130 cm³/mol. The van der Waals surface area contributed by atoms with Gasteiger partial charge in [-0.05, 0) is 26.7 Å². The van der Waals surface area contributed by atoms with Crippen molar-refractivity contribution < 1.29 is 14.3 Å². The number of hydrogen-bond acceptors (Lipinski definition) is 10. The molecule has 186 valence electrons. The molecule has 0 radical (unpaired) electrons. The number of aromatic nitrogens is 4. The van der Waals surface area contributed by atoms with Gasteiger partial charge in [-0.1, -0.05) is 0 Å². The molecule has 5 rings (SSSR count). The summed E-state index contributed by atoms with van der Waals surface area (Å²) in [4.78, 5) is 48.8. The monoisotopic (exact) mass is 481 g/mol. The van der Waals surface area contributed by atoms with Crippen molar-refractivity contribution in [3.05, 3.63) is 18.0 Å². The second-order valence-corrected chi connectivity index (χ2v) is 9.64. The highest BCUT2D eigenvalue weighted by molar-refractivity contribution is 5.99. The maximum absolute atomic E-state index is 12.8. The van der Waals surface area contributed by atoms with Crippen LogP contribution in [0.3, 0.4) is 0 Å². The Hall–Kier alpha value is -3.54. The minimum absolute atomic E-state index is 0.211. The van der Waals surface area contributed by atoms with Crippen molar-refractivity contribution in [3.8, 4) is 11.3 Å². The largest absolute Gasteiger partial charge is 0.378 e. The van der Waals surface area contributed by atoms with Crippen molar-refractivity contribution in [2.75, 3.05) is 61.5 Å². The zero-order valence-electron chi connectivity index (χ0n) is 20.1. The zero-order valence-corrected chi connectivity index (χ0v) is 20.1. The van der Waals surface area contributed by atoms with Crippen LogP contribution in [0.4, 0.5) is 17.7 Å². The third-order valence-corrected chi connectivity index (χ3v) is 7.27. The average Bonchev–Trinajstić information content (AvgIpc) is 3.48. The summed E-state index contributed by atoms with van der Waals surface area (Å²) in [5.74, 6) is 0.0552. The fraction of sp³-hybridized carbons (Fsp3) is 0.565. The zero-order chi connectivity index (χ0) is 24.7. The molecule has 2 fully saturated rings. The number of nitrogen functional groups attached to an aromatic ring is 1. The van der Waals surface area contributed by atoms with E-state index in [0.717, 1.165) is 42.0 Å². The molecule has 2 aromatic rings. The van der Waals surface area contributed by atoms with E-state index >= 15 is 0 Å². The van der Waals surface area contributed by atoms with Crippen LogP contribution in [0.1, 0.15) is 25.8 Å². The summed E-state index contributed by atoms with van der Waals surface area (Å²) >= 11 is 0. The SMILES string of the molecule is CC(C(N)=O)C(=O)N1CC[C@](C)(N2CCc3c(-c4cnc(N)nc4)nc(N4CCOCC4)nc32)C1. The Kier molecular flexibility index (Phi) is 5.91. The summed E-state index contributed by atoms with van der Waals surface area (Å²) < 4.78 is 5.52. The van der Waals surface area contributed by atoms with Crippen LogP contribution < -0.4 is 21.3 Å². The number of amides is 2. The lowest BCUT2D eigenvalue weighted by atomic mass is 9.99. The van der Waals surface area contributed by atoms with Gasteiger partial charge in [0.2, 0.25) is 23.7 Å². The highest BCUT2D eigenvalue weighted by Gasteiger charge is 2.45. The van der Waals surface area contributed by atoms with Crippen molar-refractivity contribution in [1.82, 2.24) is 24.8 Å². The summed E-state index contributed by atoms with van der Waals surface area (Å²) in [7, 11) is 0. The van der Waals surface area contributed by atoms with Gasteiger partial charge in [0, 0.05) is 56.2 Å². The van der Waals surface area contributed by atoms with E-state index < -0.39 is 11.8 Å². The molecule has 0 spiro atoms. The number of carbonyl (C=O) groups is 2. The van der Waals surface area contributed by atoms with E-state index in [9.17, 15) is 9.59 Å². The number of carbonyl (C=O) groups excluding carboxylic acids is 2. The average molecular weight is 482 g/mol. The molecule has 3 aliphatic rings. The first-order valence-electron chi connectivity index (χ1n) is 11.9. The fourth-order valence-corrected chi connectivity index (χ4v) is 5.12. The quantitative estimate of drug-likeness (QED) is 0.549. The van der Waals surface area contributed by atoms with E-state index in [-0.39, 0.29) is 17.4 Å². The molecule has 12 nitrogen and oxygen atoms in total. The lowest BCUT2D eigenvalue weighted by molar-refractivity contribution is -0.139. The lowest BCUT2D eigenvalue weighted by Crippen LogP contribution is -2.50. The fourth-order valence-electron chi connectivity index (χ4n) is 5.12. The Bertz CT molecular complexity index is 1140. The van der Waals surface area contributed by atoms with Crippen LogP contribution in [0.25, 0.3) is 11.3 Å². The Morgan fingerprint density at radius 1 is 1.11 bits per heavy atom. The second-order valence-electron chi connectivity index (χ2n) is 9.64. The highest BCUT2D eigenvalue weighted by Crippen LogP contribution is 2.41.